The minimum absolute atomic E-state index is 0.0671. The molecular weight excluding hydrogens is 486 g/mol. The topological polar surface area (TPSA) is 68.5 Å². The maximum absolute atomic E-state index is 13.3. The first-order valence-electron chi connectivity index (χ1n) is 13.7. The van der Waals surface area contributed by atoms with Crippen LogP contribution in [0.5, 0.6) is 5.75 Å². The predicted molar refractivity (Wildman–Crippen MR) is 156 cm³/mol. The molecule has 0 radical (unpaired) electrons. The Morgan fingerprint density at radius 1 is 0.923 bits per heavy atom. The van der Waals surface area contributed by atoms with Gasteiger partial charge in [0.2, 0.25) is 0 Å². The summed E-state index contributed by atoms with van der Waals surface area (Å²) in [6, 6.07) is 23.9. The quantitative estimate of drug-likeness (QED) is 0.104. The number of unbranched alkanes of at least 4 members (excludes halogenated alkanes) is 1. The Morgan fingerprint density at radius 3 is 2.36 bits per heavy atom. The van der Waals surface area contributed by atoms with Crippen LogP contribution >= 0.6 is 0 Å². The summed E-state index contributed by atoms with van der Waals surface area (Å²) < 4.78 is 7.71. The van der Waals surface area contributed by atoms with Crippen LogP contribution < -0.4 is 4.74 Å². The molecule has 3 aromatic carbocycles. The number of rotatable bonds is 14. The number of para-hydroxylation sites is 1. The van der Waals surface area contributed by atoms with Crippen molar-refractivity contribution >= 4 is 22.7 Å². The third-order valence-electron chi connectivity index (χ3n) is 6.74. The zero-order valence-corrected chi connectivity index (χ0v) is 22.8. The van der Waals surface area contributed by atoms with E-state index in [1.165, 1.54) is 11.1 Å². The van der Waals surface area contributed by atoms with Crippen molar-refractivity contribution in [3.63, 3.8) is 0 Å². The highest BCUT2D eigenvalue weighted by molar-refractivity contribution is 6.16. The van der Waals surface area contributed by atoms with E-state index in [0.29, 0.717) is 35.8 Å². The van der Waals surface area contributed by atoms with E-state index in [0.717, 1.165) is 36.6 Å². The molecule has 0 fully saturated rings. The van der Waals surface area contributed by atoms with Gasteiger partial charge in [-0.2, -0.15) is 0 Å². The van der Waals surface area contributed by atoms with Crippen molar-refractivity contribution in [2.24, 2.45) is 5.92 Å². The first kappa shape index (κ1) is 27.9. The third-order valence-corrected chi connectivity index (χ3v) is 6.74. The third kappa shape index (κ3) is 7.93. The molecule has 0 aliphatic rings. The Labute approximate surface area is 230 Å². The van der Waals surface area contributed by atoms with Crippen molar-refractivity contribution in [3.05, 3.63) is 114 Å². The number of carbonyl (C=O) groups excluding carboxylic acids is 1. The van der Waals surface area contributed by atoms with Crippen molar-refractivity contribution in [1.82, 2.24) is 4.57 Å². The number of ether oxygens (including phenoxy) is 1. The second-order valence-electron chi connectivity index (χ2n) is 10.4. The maximum Gasteiger partial charge on any atom is 0.303 e. The highest BCUT2D eigenvalue weighted by Gasteiger charge is 2.17. The Hall–Kier alpha value is -4.12. The minimum Gasteiger partial charge on any atom is -0.481 e. The van der Waals surface area contributed by atoms with Crippen LogP contribution in [0.4, 0.5) is 0 Å². The molecule has 4 aromatic rings. The number of benzene rings is 3. The Balaban J connectivity index is 1.29. The summed E-state index contributed by atoms with van der Waals surface area (Å²) in [4.78, 5) is 24.2. The van der Waals surface area contributed by atoms with E-state index >= 15 is 0 Å². The van der Waals surface area contributed by atoms with Gasteiger partial charge in [-0.1, -0.05) is 56.3 Å². The zero-order chi connectivity index (χ0) is 27.6. The van der Waals surface area contributed by atoms with Crippen LogP contribution in [0.2, 0.25) is 0 Å². The second-order valence-corrected chi connectivity index (χ2v) is 10.4. The SMILES string of the molecule is CC(C)Cc1ccc(CCC/C=C/Oc2ccc(C(=O)c3cn(CCCC(=O)O)c4ccccc34)cc2)cc1. The first-order chi connectivity index (χ1) is 18.9. The van der Waals surface area contributed by atoms with E-state index in [2.05, 4.69) is 38.1 Å². The number of aliphatic carboxylic acids is 1. The summed E-state index contributed by atoms with van der Waals surface area (Å²) in [5.41, 5.74) is 4.89. The number of aromatic nitrogens is 1. The molecule has 0 bridgehead atoms. The normalized spacial score (nSPS) is 11.5. The maximum atomic E-state index is 13.3. The summed E-state index contributed by atoms with van der Waals surface area (Å²) in [7, 11) is 0. The van der Waals surface area contributed by atoms with Gasteiger partial charge in [-0.05, 0) is 85.6 Å². The minimum atomic E-state index is -0.817. The van der Waals surface area contributed by atoms with Crippen molar-refractivity contribution in [2.75, 3.05) is 0 Å². The highest BCUT2D eigenvalue weighted by atomic mass is 16.5. The van der Waals surface area contributed by atoms with Gasteiger partial charge in [0.15, 0.2) is 5.78 Å². The van der Waals surface area contributed by atoms with E-state index in [9.17, 15) is 9.59 Å². The number of hydrogen-bond donors (Lipinski definition) is 1. The molecule has 0 amide bonds. The fourth-order valence-corrected chi connectivity index (χ4v) is 4.79. The molecule has 5 nitrogen and oxygen atoms in total. The smallest absolute Gasteiger partial charge is 0.303 e. The number of carboxylic acids is 1. The molecule has 0 unspecified atom stereocenters. The van der Waals surface area contributed by atoms with E-state index in [4.69, 9.17) is 9.84 Å². The van der Waals surface area contributed by atoms with Gasteiger partial charge < -0.3 is 14.4 Å². The van der Waals surface area contributed by atoms with Crippen molar-refractivity contribution in [3.8, 4) is 5.75 Å². The van der Waals surface area contributed by atoms with Gasteiger partial charge in [0.25, 0.3) is 0 Å². The van der Waals surface area contributed by atoms with Gasteiger partial charge in [-0.3, -0.25) is 9.59 Å². The summed E-state index contributed by atoms with van der Waals surface area (Å²) in [6.45, 7) is 5.03. The molecule has 0 spiro atoms. The second kappa shape index (κ2) is 13.6. The summed E-state index contributed by atoms with van der Waals surface area (Å²) in [5.74, 6) is 0.471. The number of carboxylic acid groups (broad SMARTS) is 1. The van der Waals surface area contributed by atoms with Gasteiger partial charge >= 0.3 is 5.97 Å². The number of allylic oxidation sites excluding steroid dienone is 1. The van der Waals surface area contributed by atoms with Gasteiger partial charge in [0, 0.05) is 41.2 Å². The summed E-state index contributed by atoms with van der Waals surface area (Å²) in [6.07, 6.45) is 10.3. The molecular formula is C34H37NO4. The predicted octanol–water partition coefficient (Wildman–Crippen LogP) is 7.85. The number of carbonyl (C=O) groups is 2. The average Bonchev–Trinajstić information content (AvgIpc) is 3.29. The lowest BCUT2D eigenvalue weighted by Crippen LogP contribution is -2.02. The van der Waals surface area contributed by atoms with Gasteiger partial charge in [-0.25, -0.2) is 0 Å². The lowest BCUT2D eigenvalue weighted by atomic mass is 10.0. The van der Waals surface area contributed by atoms with Gasteiger partial charge in [0.1, 0.15) is 5.75 Å². The lowest BCUT2D eigenvalue weighted by molar-refractivity contribution is -0.137. The molecule has 0 aliphatic carbocycles. The number of nitrogens with zero attached hydrogens (tertiary/aromatic N) is 1. The molecule has 1 heterocycles. The molecule has 0 atom stereocenters. The van der Waals surface area contributed by atoms with Crippen molar-refractivity contribution in [2.45, 2.75) is 58.9 Å². The molecule has 39 heavy (non-hydrogen) atoms. The molecule has 5 heteroatoms. The van der Waals surface area contributed by atoms with Gasteiger partial charge in [-0.15, -0.1) is 0 Å². The zero-order valence-electron chi connectivity index (χ0n) is 22.8. The Morgan fingerprint density at radius 2 is 1.64 bits per heavy atom. The molecule has 4 rings (SSSR count). The number of fused-ring (bicyclic) bond motifs is 1. The first-order valence-corrected chi connectivity index (χ1v) is 13.7. The largest absolute Gasteiger partial charge is 0.481 e. The summed E-state index contributed by atoms with van der Waals surface area (Å²) >= 11 is 0. The van der Waals surface area contributed by atoms with Crippen molar-refractivity contribution in [1.29, 1.82) is 0 Å². The molecule has 0 saturated carbocycles. The van der Waals surface area contributed by atoms with Crippen LogP contribution in [-0.2, 0) is 24.2 Å². The van der Waals surface area contributed by atoms with E-state index in [1.807, 2.05) is 53.2 Å². The molecule has 202 valence electrons. The molecule has 0 aliphatic heterocycles. The fourth-order valence-electron chi connectivity index (χ4n) is 4.79. The van der Waals surface area contributed by atoms with Crippen LogP contribution in [0, 0.1) is 5.92 Å². The van der Waals surface area contributed by atoms with E-state index in [-0.39, 0.29) is 12.2 Å². The monoisotopic (exact) mass is 523 g/mol. The van der Waals surface area contributed by atoms with E-state index < -0.39 is 5.97 Å². The van der Waals surface area contributed by atoms with Crippen LogP contribution in [0.3, 0.4) is 0 Å². The van der Waals surface area contributed by atoms with Crippen LogP contribution in [0.15, 0.2) is 91.3 Å². The number of aryl methyl sites for hydroxylation is 2. The standard InChI is InChI=1S/C34H37NO4/c1-25(2)23-27-15-13-26(14-16-27)9-4-3-7-22-39-29-19-17-28(18-20-29)34(38)31-24-35(21-8-12-33(36)37)32-11-6-5-10-30(31)32/h5-7,10-11,13-20,22,24-25H,3-4,8-9,12,21,23H2,1-2H3,(H,36,37)/b22-7+. The Bertz CT molecular complexity index is 1410. The van der Waals surface area contributed by atoms with Crippen LogP contribution in [-0.4, -0.2) is 21.4 Å². The molecule has 0 saturated heterocycles. The fraction of sp³-hybridized carbons (Fsp3) is 0.294. The lowest BCUT2D eigenvalue weighted by Gasteiger charge is -2.06. The van der Waals surface area contributed by atoms with E-state index in [1.54, 1.807) is 18.4 Å². The number of hydrogen-bond acceptors (Lipinski definition) is 3. The highest BCUT2D eigenvalue weighted by Crippen LogP contribution is 2.25. The van der Waals surface area contributed by atoms with Crippen LogP contribution in [0.1, 0.15) is 66.6 Å². The summed E-state index contributed by atoms with van der Waals surface area (Å²) in [5, 5.41) is 9.82. The number of ketones is 1. The van der Waals surface area contributed by atoms with Crippen LogP contribution in [0.25, 0.3) is 10.9 Å². The van der Waals surface area contributed by atoms with Crippen molar-refractivity contribution < 1.29 is 19.4 Å². The van der Waals surface area contributed by atoms with Gasteiger partial charge in [0.05, 0.1) is 6.26 Å². The Kier molecular flexibility index (Phi) is 9.74. The molecule has 1 N–H and O–H groups in total. The average molecular weight is 524 g/mol. The molecule has 1 aromatic heterocycles.